The number of aryl methyl sites for hydroxylation is 1. The Labute approximate surface area is 151 Å². The Balaban J connectivity index is 1.99. The molecule has 0 amide bonds. The first-order valence-electron chi connectivity index (χ1n) is 8.03. The van der Waals surface area contributed by atoms with Crippen LogP contribution in [0.25, 0.3) is 22.8 Å². The van der Waals surface area contributed by atoms with E-state index >= 15 is 0 Å². The first kappa shape index (κ1) is 18.2. The number of hydrogen-bond donors (Lipinski definition) is 1. The lowest BCUT2D eigenvalue weighted by molar-refractivity contribution is 0.506. The highest BCUT2D eigenvalue weighted by atomic mass is 32.2. The molecule has 0 fully saturated rings. The molecule has 0 bridgehead atoms. The van der Waals surface area contributed by atoms with Crippen LogP contribution in [0.4, 0.5) is 0 Å². The maximum atomic E-state index is 12.2. The van der Waals surface area contributed by atoms with Crippen molar-refractivity contribution < 1.29 is 12.8 Å². The number of rotatable bonds is 5. The van der Waals surface area contributed by atoms with E-state index in [0.717, 1.165) is 5.56 Å². The van der Waals surface area contributed by atoms with Gasteiger partial charge in [0.25, 0.3) is 5.89 Å². The van der Waals surface area contributed by atoms with Crippen molar-refractivity contribution in [2.24, 2.45) is 5.73 Å². The van der Waals surface area contributed by atoms with Crippen molar-refractivity contribution in [2.75, 3.05) is 0 Å². The van der Waals surface area contributed by atoms with E-state index in [9.17, 15) is 8.42 Å². The lowest BCUT2D eigenvalue weighted by Gasteiger charge is -2.09. The van der Waals surface area contributed by atoms with Gasteiger partial charge in [0.2, 0.25) is 5.89 Å². The van der Waals surface area contributed by atoms with Crippen LogP contribution in [-0.2, 0) is 16.4 Å². The van der Waals surface area contributed by atoms with Crippen LogP contribution < -0.4 is 5.73 Å². The van der Waals surface area contributed by atoms with Gasteiger partial charge in [0.05, 0.1) is 34.3 Å². The SMILES string of the molecule is Cc1ncc(-c2ccc(S(=O)(=O)C(C)C)cc2)nc1-c1nnc(CN)o1. The first-order valence-corrected chi connectivity index (χ1v) is 9.58. The van der Waals surface area contributed by atoms with Crippen molar-refractivity contribution >= 4 is 9.84 Å². The summed E-state index contributed by atoms with van der Waals surface area (Å²) in [5.41, 5.74) is 7.91. The minimum atomic E-state index is -3.32. The molecule has 136 valence electrons. The molecule has 0 atom stereocenters. The van der Waals surface area contributed by atoms with Crippen LogP contribution in [0.5, 0.6) is 0 Å². The number of nitrogens with two attached hydrogens (primary N) is 1. The average Bonchev–Trinajstić information content (AvgIpc) is 3.11. The smallest absolute Gasteiger partial charge is 0.268 e. The first-order chi connectivity index (χ1) is 12.3. The standard InChI is InChI=1S/C17H19N5O3S/c1-10(2)26(23,24)13-6-4-12(5-7-13)14-9-19-11(3)16(20-14)17-22-21-15(8-18)25-17/h4-7,9-10H,8,18H2,1-3H3. The van der Waals surface area contributed by atoms with Crippen LogP contribution in [0.1, 0.15) is 25.4 Å². The number of benzene rings is 1. The van der Waals surface area contributed by atoms with Gasteiger partial charge >= 0.3 is 0 Å². The van der Waals surface area contributed by atoms with E-state index in [-0.39, 0.29) is 17.3 Å². The van der Waals surface area contributed by atoms with E-state index in [4.69, 9.17) is 10.2 Å². The maximum Gasteiger partial charge on any atom is 0.268 e. The molecule has 2 heterocycles. The number of aromatic nitrogens is 4. The van der Waals surface area contributed by atoms with Crippen molar-refractivity contribution in [1.82, 2.24) is 20.2 Å². The number of hydrogen-bond acceptors (Lipinski definition) is 8. The van der Waals surface area contributed by atoms with E-state index in [1.165, 1.54) is 0 Å². The third-order valence-electron chi connectivity index (χ3n) is 3.90. The van der Waals surface area contributed by atoms with Crippen LogP contribution >= 0.6 is 0 Å². The van der Waals surface area contributed by atoms with Gasteiger partial charge in [0, 0.05) is 5.56 Å². The van der Waals surface area contributed by atoms with Gasteiger partial charge in [-0.3, -0.25) is 4.98 Å². The predicted molar refractivity (Wildman–Crippen MR) is 95.7 cm³/mol. The summed E-state index contributed by atoms with van der Waals surface area (Å²) in [6, 6.07) is 6.56. The van der Waals surface area contributed by atoms with Gasteiger partial charge < -0.3 is 10.2 Å². The molecular formula is C17H19N5O3S. The molecule has 0 aliphatic rings. The second kappa shape index (κ2) is 6.93. The zero-order valence-corrected chi connectivity index (χ0v) is 15.5. The maximum absolute atomic E-state index is 12.2. The second-order valence-corrected chi connectivity index (χ2v) is 8.52. The van der Waals surface area contributed by atoms with Crippen molar-refractivity contribution in [3.8, 4) is 22.8 Å². The summed E-state index contributed by atoms with van der Waals surface area (Å²) in [7, 11) is -3.32. The minimum Gasteiger partial charge on any atom is -0.418 e. The molecule has 0 saturated heterocycles. The van der Waals surface area contributed by atoms with Gasteiger partial charge in [0.15, 0.2) is 9.84 Å². The Morgan fingerprint density at radius 3 is 2.42 bits per heavy atom. The molecule has 0 spiro atoms. The molecule has 3 rings (SSSR count). The summed E-state index contributed by atoms with van der Waals surface area (Å²) < 4.78 is 29.9. The topological polar surface area (TPSA) is 125 Å². The average molecular weight is 373 g/mol. The summed E-state index contributed by atoms with van der Waals surface area (Å²) in [5, 5.41) is 7.30. The monoisotopic (exact) mass is 373 g/mol. The van der Waals surface area contributed by atoms with Gasteiger partial charge in [-0.15, -0.1) is 10.2 Å². The summed E-state index contributed by atoms with van der Waals surface area (Å²) >= 11 is 0. The van der Waals surface area contributed by atoms with Gasteiger partial charge in [-0.1, -0.05) is 12.1 Å². The van der Waals surface area contributed by atoms with Crippen LogP contribution in [0.15, 0.2) is 39.8 Å². The fourth-order valence-corrected chi connectivity index (χ4v) is 3.37. The molecule has 9 heteroatoms. The van der Waals surface area contributed by atoms with E-state index in [1.807, 2.05) is 0 Å². The Hall–Kier alpha value is -2.65. The molecule has 0 saturated carbocycles. The summed E-state index contributed by atoms with van der Waals surface area (Å²) in [6.07, 6.45) is 1.62. The fraction of sp³-hybridized carbons (Fsp3) is 0.294. The third kappa shape index (κ3) is 3.35. The van der Waals surface area contributed by atoms with Crippen molar-refractivity contribution in [3.63, 3.8) is 0 Å². The molecule has 0 aliphatic heterocycles. The van der Waals surface area contributed by atoms with Crippen molar-refractivity contribution in [2.45, 2.75) is 37.5 Å². The molecular weight excluding hydrogens is 354 g/mol. The molecule has 2 N–H and O–H groups in total. The Morgan fingerprint density at radius 2 is 1.85 bits per heavy atom. The molecule has 0 aliphatic carbocycles. The Bertz CT molecular complexity index is 1030. The summed E-state index contributed by atoms with van der Waals surface area (Å²) in [5.74, 6) is 0.561. The molecule has 1 aromatic carbocycles. The summed E-state index contributed by atoms with van der Waals surface area (Å²) in [6.45, 7) is 5.24. The molecule has 8 nitrogen and oxygen atoms in total. The van der Waals surface area contributed by atoms with Crippen molar-refractivity contribution in [1.29, 1.82) is 0 Å². The zero-order chi connectivity index (χ0) is 18.9. The largest absolute Gasteiger partial charge is 0.418 e. The normalized spacial score (nSPS) is 11.9. The van der Waals surface area contributed by atoms with Crippen molar-refractivity contribution in [3.05, 3.63) is 42.0 Å². The molecule has 3 aromatic rings. The third-order valence-corrected chi connectivity index (χ3v) is 6.07. The van der Waals surface area contributed by atoms with Crippen LogP contribution in [0.2, 0.25) is 0 Å². The molecule has 0 radical (unpaired) electrons. The molecule has 2 aromatic heterocycles. The van der Waals surface area contributed by atoms with Crippen LogP contribution in [0.3, 0.4) is 0 Å². The Morgan fingerprint density at radius 1 is 1.15 bits per heavy atom. The second-order valence-electron chi connectivity index (χ2n) is 6.01. The lowest BCUT2D eigenvalue weighted by atomic mass is 10.1. The number of nitrogens with zero attached hydrogens (tertiary/aromatic N) is 4. The lowest BCUT2D eigenvalue weighted by Crippen LogP contribution is -2.13. The van der Waals surface area contributed by atoms with E-state index in [0.29, 0.717) is 23.0 Å². The fourth-order valence-electron chi connectivity index (χ4n) is 2.31. The van der Waals surface area contributed by atoms with Crippen LogP contribution in [-0.4, -0.2) is 33.8 Å². The quantitative estimate of drug-likeness (QED) is 0.721. The highest BCUT2D eigenvalue weighted by Crippen LogP contribution is 2.25. The van der Waals surface area contributed by atoms with E-state index < -0.39 is 15.1 Å². The highest BCUT2D eigenvalue weighted by Gasteiger charge is 2.19. The predicted octanol–water partition coefficient (Wildman–Crippen LogP) is 2.14. The van der Waals surface area contributed by atoms with Gasteiger partial charge in [-0.2, -0.15) is 0 Å². The summed E-state index contributed by atoms with van der Waals surface area (Å²) in [4.78, 5) is 9.14. The Kier molecular flexibility index (Phi) is 4.84. The number of sulfone groups is 1. The zero-order valence-electron chi connectivity index (χ0n) is 14.7. The van der Waals surface area contributed by atoms with Gasteiger partial charge in [-0.25, -0.2) is 13.4 Å². The van der Waals surface area contributed by atoms with E-state index in [2.05, 4.69) is 20.2 Å². The minimum absolute atomic E-state index is 0.144. The van der Waals surface area contributed by atoms with Crippen LogP contribution in [0, 0.1) is 6.92 Å². The highest BCUT2D eigenvalue weighted by molar-refractivity contribution is 7.92. The molecule has 26 heavy (non-hydrogen) atoms. The molecule has 0 unspecified atom stereocenters. The van der Waals surface area contributed by atoms with Gasteiger partial charge in [-0.05, 0) is 32.9 Å². The van der Waals surface area contributed by atoms with E-state index in [1.54, 1.807) is 51.2 Å². The van der Waals surface area contributed by atoms with Gasteiger partial charge in [0.1, 0.15) is 5.69 Å².